The molecule has 2 aromatic carbocycles. The fraction of sp³-hybridized carbons (Fsp3) is 0.158. The number of halogens is 2. The Morgan fingerprint density at radius 2 is 1.84 bits per heavy atom. The average molecular weight is 342 g/mol. The minimum absolute atomic E-state index is 0.0106. The van der Waals surface area contributed by atoms with Gasteiger partial charge < -0.3 is 9.64 Å². The fourth-order valence-corrected chi connectivity index (χ4v) is 2.25. The number of carbonyl (C=O) groups is 1. The first-order valence-corrected chi connectivity index (χ1v) is 7.58. The molecule has 0 aromatic heterocycles. The van der Waals surface area contributed by atoms with E-state index in [9.17, 15) is 18.8 Å². The van der Waals surface area contributed by atoms with E-state index in [1.807, 2.05) is 31.2 Å². The van der Waals surface area contributed by atoms with E-state index in [2.05, 4.69) is 4.74 Å². The number of para-hydroxylation sites is 1. The third kappa shape index (κ3) is 4.88. The minimum atomic E-state index is -2.90. The zero-order chi connectivity index (χ0) is 18.2. The number of benzene rings is 2. The Labute approximate surface area is 144 Å². The van der Waals surface area contributed by atoms with Gasteiger partial charge in [0.2, 0.25) is 0 Å². The number of amides is 1. The van der Waals surface area contributed by atoms with Gasteiger partial charge in [0.15, 0.2) is 0 Å². The van der Waals surface area contributed by atoms with Gasteiger partial charge in [-0.15, -0.1) is 0 Å². The lowest BCUT2D eigenvalue weighted by Crippen LogP contribution is -2.31. The average Bonchev–Trinajstić information content (AvgIpc) is 2.62. The Hall–Kier alpha value is -3.20. The number of hydrogen-bond acceptors (Lipinski definition) is 3. The number of rotatable bonds is 6. The van der Waals surface area contributed by atoms with Gasteiger partial charge in [-0.1, -0.05) is 30.3 Å². The van der Waals surface area contributed by atoms with Crippen molar-refractivity contribution in [3.63, 3.8) is 0 Å². The molecule has 0 spiro atoms. The van der Waals surface area contributed by atoms with Crippen LogP contribution in [-0.2, 0) is 4.79 Å². The van der Waals surface area contributed by atoms with Crippen LogP contribution in [0.25, 0.3) is 6.08 Å². The van der Waals surface area contributed by atoms with Gasteiger partial charge in [0.1, 0.15) is 17.4 Å². The number of hydrogen-bond donors (Lipinski definition) is 0. The van der Waals surface area contributed by atoms with E-state index in [-0.39, 0.29) is 11.3 Å². The van der Waals surface area contributed by atoms with Gasteiger partial charge in [-0.3, -0.25) is 4.79 Å². The molecule has 2 rings (SSSR count). The summed E-state index contributed by atoms with van der Waals surface area (Å²) in [5.41, 5.74) is 1.18. The minimum Gasteiger partial charge on any atom is -0.435 e. The molecule has 128 valence electrons. The van der Waals surface area contributed by atoms with Gasteiger partial charge in [-0.05, 0) is 42.8 Å². The maximum atomic E-state index is 12.6. The summed E-state index contributed by atoms with van der Waals surface area (Å²) in [5.74, 6) is -0.416. The molecule has 0 atom stereocenters. The van der Waals surface area contributed by atoms with E-state index in [0.717, 1.165) is 0 Å². The number of nitrogens with zero attached hydrogens (tertiary/aromatic N) is 2. The highest BCUT2D eigenvalue weighted by atomic mass is 19.3. The van der Waals surface area contributed by atoms with Crippen molar-refractivity contribution >= 4 is 17.7 Å². The second-order valence-electron chi connectivity index (χ2n) is 5.00. The Kier molecular flexibility index (Phi) is 6.24. The monoisotopic (exact) mass is 342 g/mol. The maximum Gasteiger partial charge on any atom is 0.387 e. The van der Waals surface area contributed by atoms with E-state index in [1.54, 1.807) is 12.1 Å². The summed E-state index contributed by atoms with van der Waals surface area (Å²) in [5, 5.41) is 9.33. The molecule has 0 fully saturated rings. The van der Waals surface area contributed by atoms with Crippen LogP contribution in [0, 0.1) is 11.3 Å². The number of likely N-dealkylation sites (N-methyl/N-ethyl adjacent to an activating group) is 1. The molecule has 0 unspecified atom stereocenters. The molecule has 2 aromatic rings. The third-order valence-corrected chi connectivity index (χ3v) is 3.40. The largest absolute Gasteiger partial charge is 0.435 e. The first-order chi connectivity index (χ1) is 12.0. The molecular weight excluding hydrogens is 326 g/mol. The van der Waals surface area contributed by atoms with Gasteiger partial charge in [0.25, 0.3) is 5.91 Å². The summed E-state index contributed by atoms with van der Waals surface area (Å²) in [6.45, 7) is -0.680. The van der Waals surface area contributed by atoms with Crippen LogP contribution in [0.4, 0.5) is 14.5 Å². The van der Waals surface area contributed by atoms with Crippen molar-refractivity contribution in [2.45, 2.75) is 13.5 Å². The topological polar surface area (TPSA) is 53.3 Å². The number of ether oxygens (including phenoxy) is 1. The van der Waals surface area contributed by atoms with Gasteiger partial charge in [0, 0.05) is 12.2 Å². The number of alkyl halides is 2. The standard InChI is InChI=1S/C19H16F2N2O2/c1-2-23(16-6-4-3-5-7-16)18(24)15(13-22)12-14-8-10-17(11-9-14)25-19(20)21/h3-12,19H,2H2,1H3. The Morgan fingerprint density at radius 3 is 2.36 bits per heavy atom. The van der Waals surface area contributed by atoms with Crippen LogP contribution in [0.2, 0.25) is 0 Å². The summed E-state index contributed by atoms with van der Waals surface area (Å²) in [6, 6.07) is 16.6. The van der Waals surface area contributed by atoms with Crippen LogP contribution in [-0.4, -0.2) is 19.1 Å². The molecule has 0 saturated carbocycles. The lowest BCUT2D eigenvalue weighted by molar-refractivity contribution is -0.114. The summed E-state index contributed by atoms with van der Waals surface area (Å²) < 4.78 is 28.6. The van der Waals surface area contributed by atoms with Crippen molar-refractivity contribution in [1.82, 2.24) is 0 Å². The molecule has 0 heterocycles. The van der Waals surface area contributed by atoms with Gasteiger partial charge in [0.05, 0.1) is 0 Å². The first-order valence-electron chi connectivity index (χ1n) is 7.58. The lowest BCUT2D eigenvalue weighted by atomic mass is 10.1. The fourth-order valence-electron chi connectivity index (χ4n) is 2.25. The van der Waals surface area contributed by atoms with E-state index in [0.29, 0.717) is 17.8 Å². The number of nitriles is 1. The van der Waals surface area contributed by atoms with Crippen LogP contribution in [0.1, 0.15) is 12.5 Å². The first kappa shape index (κ1) is 18.1. The van der Waals surface area contributed by atoms with Crippen LogP contribution in [0.15, 0.2) is 60.2 Å². The van der Waals surface area contributed by atoms with E-state index in [1.165, 1.54) is 35.2 Å². The van der Waals surface area contributed by atoms with Crippen LogP contribution >= 0.6 is 0 Å². The third-order valence-electron chi connectivity index (χ3n) is 3.40. The van der Waals surface area contributed by atoms with Crippen molar-refractivity contribution in [2.75, 3.05) is 11.4 Å². The second kappa shape index (κ2) is 8.60. The maximum absolute atomic E-state index is 12.6. The van der Waals surface area contributed by atoms with E-state index in [4.69, 9.17) is 0 Å². The van der Waals surface area contributed by atoms with Crippen molar-refractivity contribution in [3.8, 4) is 11.8 Å². The Balaban J connectivity index is 2.24. The van der Waals surface area contributed by atoms with Gasteiger partial charge in [-0.25, -0.2) is 0 Å². The zero-order valence-electron chi connectivity index (χ0n) is 13.5. The second-order valence-corrected chi connectivity index (χ2v) is 5.00. The smallest absolute Gasteiger partial charge is 0.387 e. The van der Waals surface area contributed by atoms with Crippen LogP contribution in [0.3, 0.4) is 0 Å². The van der Waals surface area contributed by atoms with E-state index < -0.39 is 12.5 Å². The highest BCUT2D eigenvalue weighted by molar-refractivity contribution is 6.11. The predicted octanol–water partition coefficient (Wildman–Crippen LogP) is 4.25. The van der Waals surface area contributed by atoms with E-state index >= 15 is 0 Å². The quantitative estimate of drug-likeness (QED) is 0.582. The highest BCUT2D eigenvalue weighted by Gasteiger charge is 2.18. The van der Waals surface area contributed by atoms with Crippen LogP contribution < -0.4 is 9.64 Å². The van der Waals surface area contributed by atoms with Crippen molar-refractivity contribution in [2.24, 2.45) is 0 Å². The SMILES string of the molecule is CCN(C(=O)C(C#N)=Cc1ccc(OC(F)F)cc1)c1ccccc1. The lowest BCUT2D eigenvalue weighted by Gasteiger charge is -2.20. The molecule has 0 aliphatic rings. The molecule has 25 heavy (non-hydrogen) atoms. The molecule has 0 saturated heterocycles. The van der Waals surface area contributed by atoms with Crippen molar-refractivity contribution in [1.29, 1.82) is 5.26 Å². The van der Waals surface area contributed by atoms with Crippen LogP contribution in [0.5, 0.6) is 5.75 Å². The summed E-state index contributed by atoms with van der Waals surface area (Å²) in [7, 11) is 0. The molecule has 0 bridgehead atoms. The predicted molar refractivity (Wildman–Crippen MR) is 91.1 cm³/mol. The van der Waals surface area contributed by atoms with Gasteiger partial charge in [-0.2, -0.15) is 14.0 Å². The number of anilines is 1. The number of carbonyl (C=O) groups excluding carboxylic acids is 1. The highest BCUT2D eigenvalue weighted by Crippen LogP contribution is 2.19. The molecule has 0 aliphatic carbocycles. The molecule has 4 nitrogen and oxygen atoms in total. The van der Waals surface area contributed by atoms with Gasteiger partial charge >= 0.3 is 6.61 Å². The summed E-state index contributed by atoms with van der Waals surface area (Å²) in [4.78, 5) is 14.1. The molecule has 1 amide bonds. The Bertz CT molecular complexity index is 781. The molecule has 0 aliphatic heterocycles. The zero-order valence-corrected chi connectivity index (χ0v) is 13.5. The molecular formula is C19H16F2N2O2. The van der Waals surface area contributed by atoms with Crippen molar-refractivity contribution in [3.05, 3.63) is 65.7 Å². The van der Waals surface area contributed by atoms with Crippen molar-refractivity contribution < 1.29 is 18.3 Å². The molecule has 6 heteroatoms. The Morgan fingerprint density at radius 1 is 1.20 bits per heavy atom. The normalized spacial score (nSPS) is 11.1. The molecule has 0 radical (unpaired) electrons. The summed E-state index contributed by atoms with van der Waals surface area (Å²) in [6.07, 6.45) is 1.42. The molecule has 0 N–H and O–H groups in total. The summed E-state index contributed by atoms with van der Waals surface area (Å²) >= 11 is 0.